The van der Waals surface area contributed by atoms with Crippen molar-refractivity contribution in [3.05, 3.63) is 89.6 Å². The van der Waals surface area contributed by atoms with E-state index in [2.05, 4.69) is 76.4 Å². The van der Waals surface area contributed by atoms with Crippen LogP contribution in [0.2, 0.25) is 5.15 Å². The largest absolute Gasteiger partial charge is 0.477 e. The molecule has 2 aliphatic heterocycles. The Morgan fingerprint density at radius 1 is 0.823 bits per heavy atom. The van der Waals surface area contributed by atoms with E-state index in [0.717, 1.165) is 32.1 Å². The van der Waals surface area contributed by atoms with Gasteiger partial charge in [0.15, 0.2) is 21.7 Å². The monoisotopic (exact) mass is 1150 g/mol. The summed E-state index contributed by atoms with van der Waals surface area (Å²) in [4.78, 5) is 37.4. The summed E-state index contributed by atoms with van der Waals surface area (Å²) in [5.41, 5.74) is 0.695. The first kappa shape index (κ1) is 55.9. The average Bonchev–Trinajstić information content (AvgIpc) is 3.86. The summed E-state index contributed by atoms with van der Waals surface area (Å²) >= 11 is 6.28. The van der Waals surface area contributed by atoms with E-state index < -0.39 is 37.4 Å². The third-order valence-electron chi connectivity index (χ3n) is 15.6. The van der Waals surface area contributed by atoms with Gasteiger partial charge in [0.1, 0.15) is 11.0 Å². The first-order valence-corrected chi connectivity index (χ1v) is 30.0. The molecule has 2 atom stereocenters. The van der Waals surface area contributed by atoms with Crippen LogP contribution in [0.5, 0.6) is 11.8 Å². The molecule has 3 saturated carbocycles. The predicted octanol–water partition coefficient (Wildman–Crippen LogP) is 6.94. The number of hydrogen-bond donors (Lipinski definition) is 2. The zero-order valence-corrected chi connectivity index (χ0v) is 47.7. The minimum atomic E-state index is -4.23. The molecule has 26 heteroatoms. The molecule has 1 saturated heterocycles. The van der Waals surface area contributed by atoms with Crippen LogP contribution in [0, 0.1) is 16.2 Å². The molecular weight excluding hydrogens is 1080 g/mol. The first-order chi connectivity index (χ1) is 37.5. The number of nitrogens with zero attached hydrogens (tertiary/aromatic N) is 11. The normalized spacial score (nSPS) is 21.2. The number of pyridine rings is 2. The van der Waals surface area contributed by atoms with Gasteiger partial charge in [0.05, 0.1) is 75.2 Å². The van der Waals surface area contributed by atoms with Crippen molar-refractivity contribution >= 4 is 49.3 Å². The quantitative estimate of drug-likeness (QED) is 0.0876. The van der Waals surface area contributed by atoms with E-state index in [1.807, 2.05) is 4.90 Å². The Balaban J connectivity index is 0.000000178. The number of halogens is 1. The summed E-state index contributed by atoms with van der Waals surface area (Å²) in [6, 6.07) is 12.4. The van der Waals surface area contributed by atoms with Gasteiger partial charge in [-0.05, 0) is 131 Å². The van der Waals surface area contributed by atoms with Crippen LogP contribution in [0.4, 0.5) is 5.82 Å². The van der Waals surface area contributed by atoms with Crippen LogP contribution < -0.4 is 23.8 Å². The number of amides is 2. The zero-order chi connectivity index (χ0) is 56.0. The van der Waals surface area contributed by atoms with E-state index in [-0.39, 0.29) is 63.7 Å². The van der Waals surface area contributed by atoms with Gasteiger partial charge in [-0.2, -0.15) is 27.0 Å². The summed E-state index contributed by atoms with van der Waals surface area (Å²) in [6.07, 6.45) is 16.9. The molecule has 0 aromatic carbocycles. The van der Waals surface area contributed by atoms with E-state index >= 15 is 0 Å². The Bertz CT molecular complexity index is 3440. The fourth-order valence-corrected chi connectivity index (χ4v) is 12.6. The lowest BCUT2D eigenvalue weighted by molar-refractivity contribution is 0.0438. The van der Waals surface area contributed by atoms with Crippen molar-refractivity contribution in [3.63, 3.8) is 0 Å². The van der Waals surface area contributed by atoms with E-state index in [0.29, 0.717) is 72.8 Å². The molecule has 8 heterocycles. The molecule has 3 aliphatic carbocycles. The van der Waals surface area contributed by atoms with Gasteiger partial charge < -0.3 is 23.8 Å². The molecule has 2 bridgehead atoms. The molecule has 6 aromatic rings. The lowest BCUT2D eigenvalue weighted by Crippen LogP contribution is -2.41. The summed E-state index contributed by atoms with van der Waals surface area (Å²) in [5.74, 6) is 0.495. The van der Waals surface area contributed by atoms with Gasteiger partial charge in [-0.3, -0.25) is 19.0 Å². The molecule has 6 aromatic heterocycles. The Labute approximate surface area is 464 Å². The van der Waals surface area contributed by atoms with Crippen LogP contribution in [0.25, 0.3) is 11.6 Å². The average molecular weight is 1150 g/mol. The number of carbonyl (C=O) groups excluding carboxylic acids is 2. The van der Waals surface area contributed by atoms with Crippen LogP contribution >= 0.6 is 11.6 Å². The fraction of sp³-hybridized carbons (Fsp3) is 0.547. The van der Waals surface area contributed by atoms with Gasteiger partial charge in [-0.1, -0.05) is 39.3 Å². The van der Waals surface area contributed by atoms with Crippen LogP contribution in [-0.2, 0) is 42.6 Å². The number of sulfonamides is 2. The maximum absolute atomic E-state index is 13.4. The maximum atomic E-state index is 13.4. The minimum absolute atomic E-state index is 0.0893. The highest BCUT2D eigenvalue weighted by Gasteiger charge is 2.43. The van der Waals surface area contributed by atoms with Gasteiger partial charge in [-0.25, -0.2) is 28.8 Å². The number of rotatable bonds is 17. The highest BCUT2D eigenvalue weighted by molar-refractivity contribution is 7.90. The summed E-state index contributed by atoms with van der Waals surface area (Å²) < 4.78 is 85.9. The van der Waals surface area contributed by atoms with Crippen molar-refractivity contribution in [2.45, 2.75) is 147 Å². The molecular formula is C53H68ClN13O10S2. The molecule has 4 fully saturated rings. The first-order valence-electron chi connectivity index (χ1n) is 26.7. The molecule has 11 rings (SSSR count). The number of ether oxygens (including phenoxy) is 4. The number of hydrogen-bond acceptors (Lipinski definition) is 17. The third kappa shape index (κ3) is 13.3. The maximum Gasteiger partial charge on any atom is 0.281 e. The van der Waals surface area contributed by atoms with Gasteiger partial charge in [0.2, 0.25) is 11.8 Å². The standard InChI is InChI=1S/C27H35ClN6O5S.C26H33N7O5S/c1-26(2)9-6-19(18-26)38-17-15-34-23(7-13-29-34)40(36,37)32-25(35)20-4-5-21(30-24(20)28)33-14-8-22(31-33)39-16-12-27(3)10-11-27;1-25(2)16-18-17-31(25)23-19(24(34)30-39(35,36)22-6-11-27-33(22)13-15-37-18)4-5-20(28-23)32-12-7-21(29-32)38-14-10-26(3)8-9-26/h4-5,7-8,13-14,19H,6,9-12,15-18H2,1-3H3,(H,32,35);4-7,11-12,18H,8-10,13-17H2,1-3H3,(H,30,34). The second-order valence-electron chi connectivity index (χ2n) is 23.2. The van der Waals surface area contributed by atoms with Crippen LogP contribution in [0.1, 0.15) is 126 Å². The number of carbonyl (C=O) groups is 2. The highest BCUT2D eigenvalue weighted by Crippen LogP contribution is 2.49. The third-order valence-corrected chi connectivity index (χ3v) is 18.6. The highest BCUT2D eigenvalue weighted by atomic mass is 35.5. The summed E-state index contributed by atoms with van der Waals surface area (Å²) in [6.45, 7) is 15.8. The van der Waals surface area contributed by atoms with Gasteiger partial charge in [-0.15, -0.1) is 10.2 Å². The van der Waals surface area contributed by atoms with Gasteiger partial charge >= 0.3 is 0 Å². The fourth-order valence-electron chi connectivity index (χ4n) is 10.1. The SMILES string of the molecule is CC1(C)CCC(OCCn2nccc2S(=O)(=O)NC(=O)c2ccc(-n3ccc(OCCC4(C)CC4)n3)nc2Cl)C1.CC1(CCOc2ccn(-c3ccc4c(n3)N3CC(CC3(C)C)OCCn3nccc3S(=O)(=O)NC4=O)n2)CC1. The molecule has 0 spiro atoms. The number of fused-ring (bicyclic) bond motifs is 5. The van der Waals surface area contributed by atoms with Crippen LogP contribution in [0.15, 0.2) is 83.4 Å². The number of nitrogens with one attached hydrogen (secondary N) is 2. The Morgan fingerprint density at radius 3 is 2.10 bits per heavy atom. The molecule has 2 N–H and O–H groups in total. The Morgan fingerprint density at radius 2 is 1.47 bits per heavy atom. The van der Waals surface area contributed by atoms with E-state index in [1.54, 1.807) is 41.3 Å². The van der Waals surface area contributed by atoms with Crippen molar-refractivity contribution in [1.82, 2.24) is 58.5 Å². The number of aromatic nitrogens is 10. The molecule has 2 unspecified atom stereocenters. The van der Waals surface area contributed by atoms with Crippen LogP contribution in [-0.4, -0.2) is 128 Å². The van der Waals surface area contributed by atoms with E-state index in [9.17, 15) is 26.4 Å². The summed E-state index contributed by atoms with van der Waals surface area (Å²) in [7, 11) is -8.41. The van der Waals surface area contributed by atoms with Crippen LogP contribution in [0.3, 0.4) is 0 Å². The smallest absolute Gasteiger partial charge is 0.281 e. The van der Waals surface area contributed by atoms with E-state index in [4.69, 9.17) is 35.5 Å². The zero-order valence-electron chi connectivity index (χ0n) is 45.3. The number of anilines is 1. The van der Waals surface area contributed by atoms with Crippen molar-refractivity contribution in [1.29, 1.82) is 0 Å². The minimum Gasteiger partial charge on any atom is -0.477 e. The second-order valence-corrected chi connectivity index (χ2v) is 26.9. The van der Waals surface area contributed by atoms with Crippen molar-refractivity contribution in [2.24, 2.45) is 16.2 Å². The van der Waals surface area contributed by atoms with Crippen molar-refractivity contribution < 1.29 is 45.4 Å². The topological polar surface area (TPSA) is 264 Å². The molecule has 424 valence electrons. The lowest BCUT2D eigenvalue weighted by Gasteiger charge is -2.33. The molecule has 5 aliphatic rings. The Hall–Kier alpha value is -6.41. The molecule has 0 radical (unpaired) electrons. The van der Waals surface area contributed by atoms with Crippen molar-refractivity contribution in [3.8, 4) is 23.4 Å². The second kappa shape index (κ2) is 21.9. The van der Waals surface area contributed by atoms with Gasteiger partial charge in [0.25, 0.3) is 31.9 Å². The lowest BCUT2D eigenvalue weighted by atomic mass is 9.92. The molecule has 23 nitrogen and oxygen atoms in total. The predicted molar refractivity (Wildman–Crippen MR) is 290 cm³/mol. The Kier molecular flexibility index (Phi) is 15.5. The van der Waals surface area contributed by atoms with Crippen molar-refractivity contribution in [2.75, 3.05) is 37.9 Å². The summed E-state index contributed by atoms with van der Waals surface area (Å²) in [5, 5.41) is 16.7. The molecule has 79 heavy (non-hydrogen) atoms. The van der Waals surface area contributed by atoms with E-state index in [1.165, 1.54) is 76.4 Å². The van der Waals surface area contributed by atoms with Gasteiger partial charge in [0, 0.05) is 36.6 Å². The molecule has 2 amide bonds.